The largest absolute Gasteiger partial charge is 0.458 e. The first kappa shape index (κ1) is 30.6. The lowest BCUT2D eigenvalue weighted by atomic mass is 9.88. The first-order valence-electron chi connectivity index (χ1n) is 17.3. The summed E-state index contributed by atoms with van der Waals surface area (Å²) in [5, 5.41) is 2.34. The van der Waals surface area contributed by atoms with Crippen molar-refractivity contribution in [1.82, 2.24) is 14.1 Å². The molecule has 5 nitrogen and oxygen atoms in total. The number of imidazole rings is 1. The highest BCUT2D eigenvalue weighted by molar-refractivity contribution is 6.09. The summed E-state index contributed by atoms with van der Waals surface area (Å²) in [5.74, 6) is 2.39. The number of ether oxygens (including phenoxy) is 1. The number of rotatable bonds is 6. The van der Waals surface area contributed by atoms with Gasteiger partial charge in [0.15, 0.2) is 0 Å². The Labute approximate surface area is 297 Å². The average molecular weight is 661 g/mol. The molecule has 0 saturated carbocycles. The van der Waals surface area contributed by atoms with Crippen molar-refractivity contribution in [2.24, 2.45) is 0 Å². The zero-order valence-electron chi connectivity index (χ0n) is 28.8. The Hall–Kier alpha value is -6.46. The minimum absolute atomic E-state index is 0.00274. The molecule has 0 unspecified atom stereocenters. The monoisotopic (exact) mass is 660 g/mol. The van der Waals surface area contributed by atoms with Crippen LogP contribution in [0.5, 0.6) is 11.5 Å². The fourth-order valence-electron chi connectivity index (χ4n) is 7.05. The third kappa shape index (κ3) is 5.44. The second-order valence-electron chi connectivity index (χ2n) is 13.9. The van der Waals surface area contributed by atoms with E-state index in [1.165, 1.54) is 10.9 Å². The summed E-state index contributed by atoms with van der Waals surface area (Å²) in [6.45, 7) is 6.69. The van der Waals surface area contributed by atoms with Crippen LogP contribution < -0.4 is 9.30 Å². The highest BCUT2D eigenvalue weighted by Crippen LogP contribution is 2.36. The molecule has 0 aliphatic carbocycles. The van der Waals surface area contributed by atoms with E-state index in [0.29, 0.717) is 0 Å². The Morgan fingerprint density at radius 3 is 2.20 bits per heavy atom. The van der Waals surface area contributed by atoms with Gasteiger partial charge >= 0.3 is 0 Å². The van der Waals surface area contributed by atoms with Crippen LogP contribution in [-0.2, 0) is 5.41 Å². The van der Waals surface area contributed by atoms with E-state index < -0.39 is 0 Å². The van der Waals surface area contributed by atoms with Gasteiger partial charge in [-0.1, -0.05) is 118 Å². The Bertz CT molecular complexity index is 2710. The van der Waals surface area contributed by atoms with Crippen LogP contribution in [0.4, 0.5) is 0 Å². The number of hydrogen-bond acceptors (Lipinski definition) is 2. The number of aromatic nitrogens is 4. The van der Waals surface area contributed by atoms with Crippen LogP contribution in [-0.4, -0.2) is 14.1 Å². The molecule has 0 radical (unpaired) electrons. The molecule has 0 spiro atoms. The molecule has 0 bridgehead atoms. The molecule has 0 atom stereocenters. The van der Waals surface area contributed by atoms with Crippen molar-refractivity contribution in [1.29, 1.82) is 0 Å². The van der Waals surface area contributed by atoms with Crippen molar-refractivity contribution in [2.45, 2.75) is 26.2 Å². The second kappa shape index (κ2) is 12.1. The van der Waals surface area contributed by atoms with Crippen molar-refractivity contribution < 1.29 is 9.30 Å². The maximum Gasteiger partial charge on any atom is 0.269 e. The van der Waals surface area contributed by atoms with Gasteiger partial charge in [0.05, 0.1) is 33.4 Å². The number of benzene rings is 6. The summed E-state index contributed by atoms with van der Waals surface area (Å²) < 4.78 is 13.1. The van der Waals surface area contributed by atoms with Gasteiger partial charge in [0, 0.05) is 23.0 Å². The quantitative estimate of drug-likeness (QED) is 0.131. The average Bonchev–Trinajstić information content (AvgIpc) is 3.71. The molecule has 3 heterocycles. The zero-order valence-corrected chi connectivity index (χ0v) is 28.8. The van der Waals surface area contributed by atoms with E-state index in [4.69, 9.17) is 9.72 Å². The van der Waals surface area contributed by atoms with Crippen molar-refractivity contribution in [3.63, 3.8) is 0 Å². The Kier molecular flexibility index (Phi) is 7.29. The van der Waals surface area contributed by atoms with Gasteiger partial charge < -0.3 is 4.74 Å². The Balaban J connectivity index is 1.12. The van der Waals surface area contributed by atoms with E-state index in [0.717, 1.165) is 67.3 Å². The molecule has 0 N–H and O–H groups in total. The minimum Gasteiger partial charge on any atom is -0.458 e. The highest BCUT2D eigenvalue weighted by Gasteiger charge is 2.19. The third-order valence-electron chi connectivity index (χ3n) is 9.59. The molecule has 3 aromatic heterocycles. The van der Waals surface area contributed by atoms with Gasteiger partial charge in [-0.25, -0.2) is 4.98 Å². The summed E-state index contributed by atoms with van der Waals surface area (Å²) in [6.07, 6.45) is 5.58. The van der Waals surface area contributed by atoms with Gasteiger partial charge in [-0.2, -0.15) is 0 Å². The molecule has 6 aromatic carbocycles. The lowest BCUT2D eigenvalue weighted by Gasteiger charge is -2.20. The molecule has 246 valence electrons. The normalized spacial score (nSPS) is 11.8. The molecular weight excluding hydrogens is 625 g/mol. The topological polar surface area (TPSA) is 35.9 Å². The summed E-state index contributed by atoms with van der Waals surface area (Å²) >= 11 is 0. The van der Waals surface area contributed by atoms with Crippen LogP contribution >= 0.6 is 0 Å². The molecule has 0 aliphatic rings. The van der Waals surface area contributed by atoms with Gasteiger partial charge in [0.25, 0.3) is 6.33 Å². The van der Waals surface area contributed by atoms with Crippen molar-refractivity contribution in [2.75, 3.05) is 0 Å². The molecule has 0 saturated heterocycles. The van der Waals surface area contributed by atoms with Crippen LogP contribution in [0.1, 0.15) is 26.3 Å². The van der Waals surface area contributed by atoms with Crippen LogP contribution in [0.2, 0.25) is 0 Å². The van der Waals surface area contributed by atoms with E-state index >= 15 is 0 Å². The summed E-state index contributed by atoms with van der Waals surface area (Å²) in [6, 6.07) is 54.8. The smallest absolute Gasteiger partial charge is 0.269 e. The minimum atomic E-state index is 0.00274. The first-order chi connectivity index (χ1) is 24.9. The van der Waals surface area contributed by atoms with E-state index in [2.05, 4.69) is 180 Å². The number of para-hydroxylation sites is 4. The van der Waals surface area contributed by atoms with Crippen LogP contribution in [0.15, 0.2) is 164 Å². The maximum absolute atomic E-state index is 6.63. The second-order valence-corrected chi connectivity index (χ2v) is 13.9. The van der Waals surface area contributed by atoms with E-state index in [9.17, 15) is 0 Å². The summed E-state index contributed by atoms with van der Waals surface area (Å²) in [5.41, 5.74) is 9.85. The van der Waals surface area contributed by atoms with E-state index in [1.54, 1.807) is 0 Å². The van der Waals surface area contributed by atoms with Gasteiger partial charge in [-0.05, 0) is 76.7 Å². The summed E-state index contributed by atoms with van der Waals surface area (Å²) in [4.78, 5) is 4.84. The van der Waals surface area contributed by atoms with Crippen molar-refractivity contribution in [3.8, 4) is 39.8 Å². The zero-order chi connectivity index (χ0) is 34.5. The first-order valence-corrected chi connectivity index (χ1v) is 17.3. The lowest BCUT2D eigenvalue weighted by Crippen LogP contribution is -2.30. The molecule has 0 aliphatic heterocycles. The molecule has 5 heteroatoms. The molecule has 51 heavy (non-hydrogen) atoms. The number of hydrogen-bond donors (Lipinski definition) is 0. The molecule has 9 aromatic rings. The maximum atomic E-state index is 6.63. The number of nitrogens with zero attached hydrogens (tertiary/aromatic N) is 4. The Morgan fingerprint density at radius 2 is 1.33 bits per heavy atom. The molecular formula is C46H36N4O. The summed E-state index contributed by atoms with van der Waals surface area (Å²) in [7, 11) is 0. The SMILES string of the molecule is CC(C)(C)c1ccnc(-n2c3ccccc3c3ccc(Oc4cccc(-n5[c-][n+](-c6ccccc6-c6ccccc6)c6ccccc65)c4)cc32)c1. The fourth-order valence-corrected chi connectivity index (χ4v) is 7.05. The predicted molar refractivity (Wildman–Crippen MR) is 206 cm³/mol. The third-order valence-corrected chi connectivity index (χ3v) is 9.59. The van der Waals surface area contributed by atoms with Gasteiger partial charge in [0.1, 0.15) is 17.3 Å². The Morgan fingerprint density at radius 1 is 0.608 bits per heavy atom. The van der Waals surface area contributed by atoms with Crippen molar-refractivity contribution >= 4 is 32.8 Å². The van der Waals surface area contributed by atoms with Gasteiger partial charge in [0.2, 0.25) is 0 Å². The van der Waals surface area contributed by atoms with E-state index in [1.807, 2.05) is 24.4 Å². The molecule has 9 rings (SSSR count). The number of fused-ring (bicyclic) bond motifs is 4. The van der Waals surface area contributed by atoms with Crippen LogP contribution in [0.25, 0.3) is 61.2 Å². The molecule has 0 fully saturated rings. The predicted octanol–water partition coefficient (Wildman–Crippen LogP) is 11.0. The lowest BCUT2D eigenvalue weighted by molar-refractivity contribution is -0.571. The molecule has 0 amide bonds. The van der Waals surface area contributed by atoms with E-state index in [-0.39, 0.29) is 5.41 Å². The van der Waals surface area contributed by atoms with Gasteiger partial charge in [-0.15, -0.1) is 0 Å². The van der Waals surface area contributed by atoms with Crippen LogP contribution in [0.3, 0.4) is 0 Å². The standard InChI is InChI=1S/C46H36N4O/c1-46(2,3)33-26-27-47-45(28-33)50-41-21-10-8-19-38(41)39-25-24-36(30-44(39)50)51-35-17-13-16-34(29-35)48-31-49(43-23-12-11-22-42(43)48)40-20-9-7-18-37(40)32-14-5-4-6-15-32/h4-30H,1-3H3. The van der Waals surface area contributed by atoms with Crippen LogP contribution in [0, 0.1) is 6.33 Å². The van der Waals surface area contributed by atoms with Gasteiger partial charge in [-0.3, -0.25) is 13.7 Å². The highest BCUT2D eigenvalue weighted by atomic mass is 16.5. The fraction of sp³-hybridized carbons (Fsp3) is 0.0870. The number of pyridine rings is 1. The van der Waals surface area contributed by atoms with Crippen molar-refractivity contribution in [3.05, 3.63) is 176 Å².